The van der Waals surface area contributed by atoms with Crippen molar-refractivity contribution in [1.82, 2.24) is 15.0 Å². The molecule has 0 atom stereocenters. The summed E-state index contributed by atoms with van der Waals surface area (Å²) in [6.45, 7) is 8.42. The summed E-state index contributed by atoms with van der Waals surface area (Å²) >= 11 is 0. The lowest BCUT2D eigenvalue weighted by Gasteiger charge is -2.19. The highest BCUT2D eigenvalue weighted by atomic mass is 15.3. The van der Waals surface area contributed by atoms with Crippen molar-refractivity contribution in [3.05, 3.63) is 35.7 Å². The lowest BCUT2D eigenvalue weighted by molar-refractivity contribution is 0.568. The molecule has 0 radical (unpaired) electrons. The Kier molecular flexibility index (Phi) is 3.99. The summed E-state index contributed by atoms with van der Waals surface area (Å²) in [6, 6.07) is 5.85. The zero-order chi connectivity index (χ0) is 14.8. The van der Waals surface area contributed by atoms with Crippen LogP contribution in [-0.4, -0.2) is 15.0 Å². The van der Waals surface area contributed by atoms with Crippen molar-refractivity contribution in [2.24, 2.45) is 5.84 Å². The maximum atomic E-state index is 5.52. The summed E-state index contributed by atoms with van der Waals surface area (Å²) in [6.07, 6.45) is 2.65. The van der Waals surface area contributed by atoms with E-state index in [2.05, 4.69) is 48.1 Å². The van der Waals surface area contributed by atoms with E-state index in [1.165, 1.54) is 0 Å². The van der Waals surface area contributed by atoms with Crippen molar-refractivity contribution >= 4 is 5.82 Å². The van der Waals surface area contributed by atoms with E-state index in [1.807, 2.05) is 18.2 Å². The van der Waals surface area contributed by atoms with Crippen LogP contribution in [0.25, 0.3) is 11.5 Å². The molecule has 0 bridgehead atoms. The first kappa shape index (κ1) is 14.4. The largest absolute Gasteiger partial charge is 0.308 e. The van der Waals surface area contributed by atoms with Crippen LogP contribution in [0, 0.1) is 0 Å². The third kappa shape index (κ3) is 2.93. The van der Waals surface area contributed by atoms with Gasteiger partial charge in [-0.3, -0.25) is 4.98 Å². The van der Waals surface area contributed by atoms with Crippen molar-refractivity contribution in [2.75, 3.05) is 5.43 Å². The minimum absolute atomic E-state index is 0.0789. The molecule has 0 saturated carbocycles. The van der Waals surface area contributed by atoms with Crippen molar-refractivity contribution in [3.8, 4) is 11.5 Å². The number of nitrogens with zero attached hydrogens (tertiary/aromatic N) is 3. The molecule has 2 heterocycles. The Morgan fingerprint density at radius 3 is 2.60 bits per heavy atom. The van der Waals surface area contributed by atoms with Crippen LogP contribution < -0.4 is 11.3 Å². The third-order valence-corrected chi connectivity index (χ3v) is 3.13. The first-order valence-corrected chi connectivity index (χ1v) is 6.76. The number of nitrogen functional groups attached to an aromatic ring is 1. The summed E-state index contributed by atoms with van der Waals surface area (Å²) in [7, 11) is 0. The van der Waals surface area contributed by atoms with Gasteiger partial charge in [-0.2, -0.15) is 0 Å². The minimum Gasteiger partial charge on any atom is -0.308 e. The Labute approximate surface area is 119 Å². The fourth-order valence-electron chi connectivity index (χ4n) is 1.94. The summed E-state index contributed by atoms with van der Waals surface area (Å²) in [5.41, 5.74) is 5.41. The van der Waals surface area contributed by atoms with Crippen LogP contribution in [-0.2, 0) is 11.8 Å². The zero-order valence-electron chi connectivity index (χ0n) is 12.4. The van der Waals surface area contributed by atoms with Crippen LogP contribution in [0.2, 0.25) is 0 Å². The molecule has 0 saturated heterocycles. The molecule has 0 unspecified atom stereocenters. The predicted molar refractivity (Wildman–Crippen MR) is 81.2 cm³/mol. The van der Waals surface area contributed by atoms with Gasteiger partial charge in [0.1, 0.15) is 11.5 Å². The highest BCUT2D eigenvalue weighted by Gasteiger charge is 2.19. The van der Waals surface area contributed by atoms with E-state index in [0.717, 1.165) is 23.4 Å². The molecule has 2 rings (SSSR count). The molecule has 5 nitrogen and oxygen atoms in total. The van der Waals surface area contributed by atoms with Crippen LogP contribution in [0.15, 0.2) is 24.4 Å². The second-order valence-corrected chi connectivity index (χ2v) is 5.72. The monoisotopic (exact) mass is 271 g/mol. The molecule has 0 aliphatic heterocycles. The second kappa shape index (κ2) is 5.54. The van der Waals surface area contributed by atoms with Crippen LogP contribution in [0.1, 0.15) is 39.0 Å². The number of aromatic nitrogens is 3. The number of rotatable bonds is 3. The highest BCUT2D eigenvalue weighted by molar-refractivity contribution is 5.57. The van der Waals surface area contributed by atoms with Gasteiger partial charge in [-0.05, 0) is 18.1 Å². The molecular formula is C15H21N5. The lowest BCUT2D eigenvalue weighted by Crippen LogP contribution is -2.17. The Morgan fingerprint density at radius 1 is 1.25 bits per heavy atom. The number of hydrogen-bond donors (Lipinski definition) is 2. The third-order valence-electron chi connectivity index (χ3n) is 3.13. The maximum Gasteiger partial charge on any atom is 0.180 e. The average Bonchev–Trinajstić information content (AvgIpc) is 2.45. The summed E-state index contributed by atoms with van der Waals surface area (Å²) in [5.74, 6) is 6.74. The van der Waals surface area contributed by atoms with Crippen molar-refractivity contribution < 1.29 is 0 Å². The maximum absolute atomic E-state index is 5.52. The van der Waals surface area contributed by atoms with Gasteiger partial charge in [-0.1, -0.05) is 33.8 Å². The van der Waals surface area contributed by atoms with E-state index in [9.17, 15) is 0 Å². The number of hydrogen-bond acceptors (Lipinski definition) is 5. The van der Waals surface area contributed by atoms with Crippen LogP contribution in [0.4, 0.5) is 5.82 Å². The molecule has 5 heteroatoms. The Morgan fingerprint density at radius 2 is 2.00 bits per heavy atom. The summed E-state index contributed by atoms with van der Waals surface area (Å²) in [4.78, 5) is 13.5. The number of nitrogens with one attached hydrogen (secondary N) is 1. The molecule has 0 aliphatic rings. The van der Waals surface area contributed by atoms with E-state index in [-0.39, 0.29) is 5.41 Å². The van der Waals surface area contributed by atoms with Gasteiger partial charge in [0.2, 0.25) is 0 Å². The fourth-order valence-corrected chi connectivity index (χ4v) is 1.94. The minimum atomic E-state index is -0.0789. The Hall–Kier alpha value is -2.01. The van der Waals surface area contributed by atoms with Gasteiger partial charge < -0.3 is 5.43 Å². The molecule has 0 amide bonds. The van der Waals surface area contributed by atoms with Crippen LogP contribution >= 0.6 is 0 Å². The zero-order valence-corrected chi connectivity index (χ0v) is 12.4. The average molecular weight is 271 g/mol. The number of hydrazine groups is 1. The molecule has 0 aromatic carbocycles. The molecule has 2 aromatic heterocycles. The number of pyridine rings is 1. The van der Waals surface area contributed by atoms with Crippen LogP contribution in [0.5, 0.6) is 0 Å². The molecule has 0 aliphatic carbocycles. The van der Waals surface area contributed by atoms with Crippen LogP contribution in [0.3, 0.4) is 0 Å². The van der Waals surface area contributed by atoms with E-state index in [0.29, 0.717) is 11.6 Å². The van der Waals surface area contributed by atoms with Gasteiger partial charge in [-0.25, -0.2) is 15.8 Å². The topological polar surface area (TPSA) is 76.7 Å². The summed E-state index contributed by atoms with van der Waals surface area (Å²) in [5, 5.41) is 0. The molecule has 0 spiro atoms. The highest BCUT2D eigenvalue weighted by Crippen LogP contribution is 2.26. The predicted octanol–water partition coefficient (Wildman–Crippen LogP) is 2.68. The first-order chi connectivity index (χ1) is 9.45. The first-order valence-electron chi connectivity index (χ1n) is 6.76. The van der Waals surface area contributed by atoms with Gasteiger partial charge >= 0.3 is 0 Å². The molecule has 0 fully saturated rings. The quantitative estimate of drug-likeness (QED) is 0.663. The molecule has 20 heavy (non-hydrogen) atoms. The summed E-state index contributed by atoms with van der Waals surface area (Å²) < 4.78 is 0. The van der Waals surface area contributed by atoms with Gasteiger partial charge in [-0.15, -0.1) is 0 Å². The number of nitrogens with two attached hydrogens (primary N) is 1. The van der Waals surface area contributed by atoms with Gasteiger partial charge in [0.15, 0.2) is 5.82 Å². The smallest absolute Gasteiger partial charge is 0.180 e. The van der Waals surface area contributed by atoms with Gasteiger partial charge in [0, 0.05) is 17.7 Å². The molecule has 2 aromatic rings. The Balaban J connectivity index is 2.62. The van der Waals surface area contributed by atoms with Gasteiger partial charge in [0.25, 0.3) is 0 Å². The van der Waals surface area contributed by atoms with E-state index >= 15 is 0 Å². The second-order valence-electron chi connectivity index (χ2n) is 5.72. The van der Waals surface area contributed by atoms with E-state index in [1.54, 1.807) is 6.20 Å². The molecule has 3 N–H and O–H groups in total. The van der Waals surface area contributed by atoms with Crippen molar-refractivity contribution in [1.29, 1.82) is 0 Å². The normalized spacial score (nSPS) is 11.4. The molecule has 106 valence electrons. The lowest BCUT2D eigenvalue weighted by atomic mass is 9.92. The van der Waals surface area contributed by atoms with Gasteiger partial charge in [0.05, 0.1) is 5.69 Å². The van der Waals surface area contributed by atoms with Crippen molar-refractivity contribution in [2.45, 2.75) is 39.5 Å². The van der Waals surface area contributed by atoms with Crippen molar-refractivity contribution in [3.63, 3.8) is 0 Å². The molecular weight excluding hydrogens is 250 g/mol. The SMILES string of the molecule is CCc1cccnc1-c1nc(NN)cc(C(C)(C)C)n1. The number of aryl methyl sites for hydroxylation is 1. The number of anilines is 1. The Bertz CT molecular complexity index is 601. The standard InChI is InChI=1S/C15H21N5/c1-5-10-7-6-8-17-13(10)14-18-11(15(2,3)4)9-12(19-14)20-16/h6-9H,5,16H2,1-4H3,(H,18,19,20). The fraction of sp³-hybridized carbons (Fsp3) is 0.400. The van der Waals surface area contributed by atoms with E-state index < -0.39 is 0 Å². The van der Waals surface area contributed by atoms with E-state index in [4.69, 9.17) is 5.84 Å².